The zero-order chi connectivity index (χ0) is 34.7. The van der Waals surface area contributed by atoms with E-state index < -0.39 is 5.60 Å². The lowest BCUT2D eigenvalue weighted by Crippen LogP contribution is -2.35. The molecule has 4 heterocycles. The van der Waals surface area contributed by atoms with Gasteiger partial charge in [0.2, 0.25) is 11.8 Å². The molecule has 0 aliphatic carbocycles. The molecule has 3 N–H and O–H groups in total. The van der Waals surface area contributed by atoms with Crippen molar-refractivity contribution in [2.45, 2.75) is 64.3 Å². The number of aromatic nitrogens is 2. The third kappa shape index (κ3) is 8.03. The lowest BCUT2D eigenvalue weighted by Gasteiger charge is -2.32. The third-order valence-corrected chi connectivity index (χ3v) is 10.1. The van der Waals surface area contributed by atoms with Crippen molar-refractivity contribution in [1.82, 2.24) is 25.5 Å². The molecule has 2 aliphatic heterocycles. The number of aliphatic hydroxyl groups is 1. The van der Waals surface area contributed by atoms with Crippen molar-refractivity contribution < 1.29 is 19.4 Å². The number of hydrogen-bond donors (Lipinski definition) is 3. The van der Waals surface area contributed by atoms with E-state index in [1.54, 1.807) is 20.4 Å². The van der Waals surface area contributed by atoms with Crippen molar-refractivity contribution in [3.8, 4) is 45.3 Å². The largest absolute Gasteiger partial charge is 0.496 e. The molecule has 1 amide bonds. The first-order valence-electron chi connectivity index (χ1n) is 16.7. The van der Waals surface area contributed by atoms with Gasteiger partial charge >= 0.3 is 0 Å². The third-order valence-electron chi connectivity index (χ3n) is 9.29. The van der Waals surface area contributed by atoms with Gasteiger partial charge in [-0.2, -0.15) is 0 Å². The summed E-state index contributed by atoms with van der Waals surface area (Å²) in [6, 6.07) is 15.9. The van der Waals surface area contributed by atoms with Gasteiger partial charge in [0.25, 0.3) is 0 Å². The molecule has 0 bridgehead atoms. The summed E-state index contributed by atoms with van der Waals surface area (Å²) < 4.78 is 11.5. The van der Waals surface area contributed by atoms with Crippen molar-refractivity contribution >= 4 is 29.1 Å². The number of carbonyl (C=O) groups is 1. The van der Waals surface area contributed by atoms with Gasteiger partial charge < -0.3 is 25.2 Å². The molecule has 2 aromatic carbocycles. The van der Waals surface area contributed by atoms with E-state index in [4.69, 9.17) is 42.6 Å². The Kier molecular flexibility index (Phi) is 10.8. The molecule has 0 saturated carbocycles. The van der Waals surface area contributed by atoms with Crippen LogP contribution >= 0.6 is 23.2 Å². The average Bonchev–Trinajstić information content (AvgIpc) is 3.51. The lowest BCUT2D eigenvalue weighted by molar-refractivity contribution is -0.119. The first-order valence-corrected chi connectivity index (χ1v) is 17.4. The quantitative estimate of drug-likeness (QED) is 0.150. The number of methoxy groups -OCH3 is 2. The van der Waals surface area contributed by atoms with Crippen LogP contribution in [0.25, 0.3) is 33.6 Å². The molecular formula is C38H43Cl2N5O4. The molecule has 1 atom stereocenters. The van der Waals surface area contributed by atoms with Crippen LogP contribution in [0.1, 0.15) is 49.8 Å². The Labute approximate surface area is 298 Å². The summed E-state index contributed by atoms with van der Waals surface area (Å²) in [6.07, 6.45) is 4.73. The van der Waals surface area contributed by atoms with Crippen LogP contribution in [-0.2, 0) is 24.3 Å². The van der Waals surface area contributed by atoms with E-state index in [1.165, 1.54) is 5.56 Å². The van der Waals surface area contributed by atoms with Gasteiger partial charge in [0.1, 0.15) is 5.75 Å². The van der Waals surface area contributed by atoms with Crippen LogP contribution in [0, 0.1) is 0 Å². The number of rotatable bonds is 12. The second-order valence-corrected chi connectivity index (χ2v) is 14.1. The Bertz CT molecular complexity index is 1830. The highest BCUT2D eigenvalue weighted by Gasteiger charge is 2.25. The summed E-state index contributed by atoms with van der Waals surface area (Å²) in [6.45, 7) is 7.40. The van der Waals surface area contributed by atoms with Gasteiger partial charge in [0, 0.05) is 84.8 Å². The minimum Gasteiger partial charge on any atom is -0.496 e. The Balaban J connectivity index is 1.25. The minimum atomic E-state index is -0.701. The number of carbonyl (C=O) groups excluding carboxylic acids is 1. The van der Waals surface area contributed by atoms with Crippen LogP contribution in [0.3, 0.4) is 0 Å². The highest BCUT2D eigenvalue weighted by Crippen LogP contribution is 2.43. The summed E-state index contributed by atoms with van der Waals surface area (Å²) in [4.78, 5) is 23.4. The summed E-state index contributed by atoms with van der Waals surface area (Å²) in [5.41, 5.74) is 7.07. The lowest BCUT2D eigenvalue weighted by atomic mass is 9.93. The fourth-order valence-corrected chi connectivity index (χ4v) is 7.21. The number of nitrogens with one attached hydrogen (secondary N) is 2. The summed E-state index contributed by atoms with van der Waals surface area (Å²) in [5.74, 6) is 1.41. The van der Waals surface area contributed by atoms with Gasteiger partial charge in [-0.3, -0.25) is 14.7 Å². The Morgan fingerprint density at radius 2 is 1.84 bits per heavy atom. The van der Waals surface area contributed by atoms with Crippen LogP contribution in [0.15, 0.2) is 54.7 Å². The molecule has 6 rings (SSSR count). The van der Waals surface area contributed by atoms with Crippen LogP contribution < -0.4 is 20.1 Å². The first kappa shape index (κ1) is 35.1. The van der Waals surface area contributed by atoms with E-state index in [0.717, 1.165) is 71.6 Å². The van der Waals surface area contributed by atoms with Crippen molar-refractivity contribution in [1.29, 1.82) is 0 Å². The molecule has 1 unspecified atom stereocenters. The molecule has 2 aliphatic rings. The molecule has 2 aromatic heterocycles. The molecular weight excluding hydrogens is 661 g/mol. The molecule has 9 nitrogen and oxygen atoms in total. The smallest absolute Gasteiger partial charge is 0.220 e. The van der Waals surface area contributed by atoms with E-state index in [-0.39, 0.29) is 11.9 Å². The van der Waals surface area contributed by atoms with Crippen LogP contribution in [-0.4, -0.2) is 71.4 Å². The van der Waals surface area contributed by atoms with Crippen molar-refractivity contribution in [3.63, 3.8) is 0 Å². The van der Waals surface area contributed by atoms with E-state index in [1.807, 2.05) is 56.3 Å². The zero-order valence-corrected chi connectivity index (χ0v) is 29.9. The molecule has 4 aromatic rings. The number of amides is 1. The molecule has 1 fully saturated rings. The second kappa shape index (κ2) is 15.0. The molecule has 49 heavy (non-hydrogen) atoms. The highest BCUT2D eigenvalue weighted by atomic mass is 35.5. The van der Waals surface area contributed by atoms with Gasteiger partial charge in [-0.15, -0.1) is 0 Å². The van der Waals surface area contributed by atoms with Crippen molar-refractivity contribution in [2.24, 2.45) is 0 Å². The first-order chi connectivity index (χ1) is 23.5. The fraction of sp³-hybridized carbons (Fsp3) is 0.395. The van der Waals surface area contributed by atoms with E-state index in [0.29, 0.717) is 53.2 Å². The number of benzene rings is 2. The molecule has 0 spiro atoms. The number of halogens is 2. The van der Waals surface area contributed by atoms with Gasteiger partial charge in [-0.1, -0.05) is 47.5 Å². The van der Waals surface area contributed by atoms with Crippen LogP contribution in [0.2, 0.25) is 10.0 Å². The predicted octanol–water partition coefficient (Wildman–Crippen LogP) is 6.69. The molecule has 1 saturated heterocycles. The SMILES string of the molecule is COc1cc(-c2nccc(-c3cccc(-c4ccc(CNCC5CCC(=O)N5)c(OC)n4)c3Cl)c2Cl)cc2c1CN(CCC(C)(C)O)CC2. The Morgan fingerprint density at radius 1 is 1.04 bits per heavy atom. The van der Waals surface area contributed by atoms with Crippen molar-refractivity contribution in [2.75, 3.05) is 33.9 Å². The topological polar surface area (TPSA) is 109 Å². The molecule has 0 radical (unpaired) electrons. The monoisotopic (exact) mass is 703 g/mol. The Morgan fingerprint density at radius 3 is 2.57 bits per heavy atom. The number of ether oxygens (including phenoxy) is 2. The fourth-order valence-electron chi connectivity index (χ4n) is 6.56. The van der Waals surface area contributed by atoms with Crippen molar-refractivity contribution in [3.05, 3.63) is 81.5 Å². The normalized spacial score (nSPS) is 16.4. The summed E-state index contributed by atoms with van der Waals surface area (Å²) >= 11 is 14.3. The molecule has 258 valence electrons. The number of hydrogen-bond acceptors (Lipinski definition) is 8. The Hall–Kier alpha value is -3.73. The van der Waals surface area contributed by atoms with Gasteiger partial charge in [0.15, 0.2) is 0 Å². The predicted molar refractivity (Wildman–Crippen MR) is 194 cm³/mol. The highest BCUT2D eigenvalue weighted by molar-refractivity contribution is 6.39. The van der Waals surface area contributed by atoms with Crippen LogP contribution in [0.5, 0.6) is 11.6 Å². The maximum atomic E-state index is 11.5. The van der Waals surface area contributed by atoms with E-state index >= 15 is 0 Å². The number of pyridine rings is 2. The maximum Gasteiger partial charge on any atom is 0.220 e. The minimum absolute atomic E-state index is 0.102. The zero-order valence-electron chi connectivity index (χ0n) is 28.4. The average molecular weight is 705 g/mol. The van der Waals surface area contributed by atoms with Gasteiger partial charge in [-0.25, -0.2) is 4.98 Å². The van der Waals surface area contributed by atoms with Gasteiger partial charge in [-0.05, 0) is 62.9 Å². The van der Waals surface area contributed by atoms with Crippen LogP contribution in [0.4, 0.5) is 0 Å². The second-order valence-electron chi connectivity index (χ2n) is 13.4. The molecule has 11 heteroatoms. The number of fused-ring (bicyclic) bond motifs is 1. The summed E-state index contributed by atoms with van der Waals surface area (Å²) in [7, 11) is 3.29. The number of nitrogens with zero attached hydrogens (tertiary/aromatic N) is 3. The maximum absolute atomic E-state index is 11.5. The van der Waals surface area contributed by atoms with Gasteiger partial charge in [0.05, 0.1) is 41.3 Å². The standard InChI is InChI=1S/C38H43Cl2N5O4/c1-38(2,47)14-17-45-16-13-23-18-25(19-32(48-3)30(23)22-45)36-35(40)28(12-15-42-36)27-6-5-7-29(34(27)39)31-10-8-24(37(44-31)49-4)20-41-21-26-9-11-33(46)43-26/h5-8,10,12,15,18-19,26,41,47H,9,11,13-14,16-17,20-22H2,1-4H3,(H,43,46). The van der Waals surface area contributed by atoms with E-state index in [9.17, 15) is 9.90 Å². The summed E-state index contributed by atoms with van der Waals surface area (Å²) in [5, 5.41) is 17.6. The van der Waals surface area contributed by atoms with E-state index in [2.05, 4.69) is 21.6 Å².